The summed E-state index contributed by atoms with van der Waals surface area (Å²) in [6.45, 7) is 0. The van der Waals surface area contributed by atoms with E-state index in [2.05, 4.69) is 0 Å². The predicted octanol–water partition coefficient (Wildman–Crippen LogP) is 4.80. The molecule has 1 rings (SSSR count). The van der Waals surface area contributed by atoms with Crippen LogP contribution in [0.2, 0.25) is 10.0 Å². The molecule has 0 radical (unpaired) electrons. The van der Waals surface area contributed by atoms with Crippen LogP contribution in [0.4, 0.5) is 0 Å². The topological polar surface area (TPSA) is 0 Å². The van der Waals surface area contributed by atoms with E-state index >= 15 is 0 Å². The van der Waals surface area contributed by atoms with E-state index in [1.54, 1.807) is 12.1 Å². The molecule has 0 saturated heterocycles. The van der Waals surface area contributed by atoms with Gasteiger partial charge in [-0.1, -0.05) is 53.6 Å². The van der Waals surface area contributed by atoms with E-state index in [0.29, 0.717) is 15.9 Å². The van der Waals surface area contributed by atoms with Crippen molar-refractivity contribution in [3.63, 3.8) is 0 Å². The van der Waals surface area contributed by atoms with Gasteiger partial charge in [0.25, 0.3) is 0 Å². The molecular formula is C11H9Cl3. The van der Waals surface area contributed by atoms with E-state index in [1.807, 2.05) is 30.4 Å². The van der Waals surface area contributed by atoms with E-state index in [4.69, 9.17) is 34.8 Å². The molecule has 0 unspecified atom stereocenters. The molecule has 0 saturated carbocycles. The molecule has 0 bridgehead atoms. The van der Waals surface area contributed by atoms with Crippen LogP contribution < -0.4 is 0 Å². The maximum atomic E-state index is 5.96. The highest BCUT2D eigenvalue weighted by Gasteiger charge is 1.95. The third-order valence-corrected chi connectivity index (χ3v) is 2.32. The fourth-order valence-corrected chi connectivity index (χ4v) is 1.50. The molecule has 0 nitrogen and oxygen atoms in total. The van der Waals surface area contributed by atoms with Crippen molar-refractivity contribution in [3.8, 4) is 0 Å². The van der Waals surface area contributed by atoms with Crippen LogP contribution in [0.1, 0.15) is 5.56 Å². The smallest absolute Gasteiger partial charge is 0.0493 e. The van der Waals surface area contributed by atoms with Crippen LogP contribution >= 0.6 is 34.8 Å². The summed E-state index contributed by atoms with van der Waals surface area (Å²) >= 11 is 17.2. The molecule has 3 heteroatoms. The molecule has 0 aliphatic rings. The molecule has 1 aromatic rings. The number of benzene rings is 1. The average Bonchev–Trinajstić information content (AvgIpc) is 2.15. The summed E-state index contributed by atoms with van der Waals surface area (Å²) in [6.07, 6.45) is 7.51. The van der Waals surface area contributed by atoms with Crippen molar-refractivity contribution >= 4 is 40.9 Å². The summed E-state index contributed by atoms with van der Waals surface area (Å²) in [5, 5.41) is 1.29. The Labute approximate surface area is 98.8 Å². The van der Waals surface area contributed by atoms with Crippen LogP contribution in [-0.4, -0.2) is 5.88 Å². The first-order valence-electron chi connectivity index (χ1n) is 4.08. The van der Waals surface area contributed by atoms with Gasteiger partial charge in [0.2, 0.25) is 0 Å². The third kappa shape index (κ3) is 3.75. The van der Waals surface area contributed by atoms with Crippen molar-refractivity contribution in [3.05, 3.63) is 52.0 Å². The molecule has 0 heterocycles. The Morgan fingerprint density at radius 1 is 1.14 bits per heavy atom. The van der Waals surface area contributed by atoms with Crippen LogP contribution in [0.25, 0.3) is 6.08 Å². The molecule has 0 aliphatic carbocycles. The molecule has 0 atom stereocenters. The lowest BCUT2D eigenvalue weighted by molar-refractivity contribution is 1.65. The second-order valence-electron chi connectivity index (χ2n) is 2.61. The minimum atomic E-state index is 0.513. The number of hydrogen-bond acceptors (Lipinski definition) is 0. The second-order valence-corrected chi connectivity index (χ2v) is 3.76. The van der Waals surface area contributed by atoms with Crippen molar-refractivity contribution in [2.24, 2.45) is 0 Å². The van der Waals surface area contributed by atoms with Gasteiger partial charge < -0.3 is 0 Å². The first kappa shape index (κ1) is 11.6. The Bertz CT molecular complexity index is 354. The van der Waals surface area contributed by atoms with Gasteiger partial charge in [0.15, 0.2) is 0 Å². The molecule has 14 heavy (non-hydrogen) atoms. The number of alkyl halides is 1. The Morgan fingerprint density at radius 3 is 2.57 bits per heavy atom. The lowest BCUT2D eigenvalue weighted by Crippen LogP contribution is -1.74. The Hall–Kier alpha value is -0.430. The maximum absolute atomic E-state index is 5.96. The highest BCUT2D eigenvalue weighted by molar-refractivity contribution is 6.35. The molecular weight excluding hydrogens is 238 g/mol. The van der Waals surface area contributed by atoms with Crippen LogP contribution in [0.5, 0.6) is 0 Å². The Morgan fingerprint density at radius 2 is 1.93 bits per heavy atom. The van der Waals surface area contributed by atoms with Crippen molar-refractivity contribution in [2.45, 2.75) is 0 Å². The Kier molecular flexibility index (Phi) is 5.10. The predicted molar refractivity (Wildman–Crippen MR) is 65.4 cm³/mol. The molecule has 0 N–H and O–H groups in total. The summed E-state index contributed by atoms with van der Waals surface area (Å²) in [5.41, 5.74) is 0.940. The van der Waals surface area contributed by atoms with E-state index in [9.17, 15) is 0 Å². The zero-order valence-electron chi connectivity index (χ0n) is 7.38. The average molecular weight is 248 g/mol. The number of hydrogen-bond donors (Lipinski definition) is 0. The van der Waals surface area contributed by atoms with Crippen LogP contribution in [0.15, 0.2) is 36.4 Å². The third-order valence-electron chi connectivity index (χ3n) is 1.57. The highest BCUT2D eigenvalue weighted by Crippen LogP contribution is 2.21. The van der Waals surface area contributed by atoms with Gasteiger partial charge in [-0.2, -0.15) is 0 Å². The molecule has 1 aromatic carbocycles. The van der Waals surface area contributed by atoms with Crippen molar-refractivity contribution in [2.75, 3.05) is 5.88 Å². The monoisotopic (exact) mass is 246 g/mol. The van der Waals surface area contributed by atoms with Gasteiger partial charge in [-0.05, 0) is 17.7 Å². The highest BCUT2D eigenvalue weighted by atomic mass is 35.5. The van der Waals surface area contributed by atoms with Gasteiger partial charge in [0, 0.05) is 15.9 Å². The quantitative estimate of drug-likeness (QED) is 0.531. The summed E-state index contributed by atoms with van der Waals surface area (Å²) in [5.74, 6) is 0.513. The van der Waals surface area contributed by atoms with Gasteiger partial charge >= 0.3 is 0 Å². The molecule has 0 aromatic heterocycles. The summed E-state index contributed by atoms with van der Waals surface area (Å²) < 4.78 is 0. The second kappa shape index (κ2) is 6.13. The molecule has 0 spiro atoms. The summed E-state index contributed by atoms with van der Waals surface area (Å²) in [6, 6.07) is 5.39. The minimum absolute atomic E-state index is 0.513. The van der Waals surface area contributed by atoms with Crippen LogP contribution in [-0.2, 0) is 0 Å². The lowest BCUT2D eigenvalue weighted by Gasteiger charge is -1.97. The standard InChI is InChI=1S/C11H9Cl3/c12-7-3-1-2-4-9-5-6-10(13)8-11(9)14/h1-6,8H,7H2/b3-1+,4-2+. The molecule has 0 amide bonds. The van der Waals surface area contributed by atoms with Crippen LogP contribution in [0, 0.1) is 0 Å². The van der Waals surface area contributed by atoms with Gasteiger partial charge in [-0.25, -0.2) is 0 Å². The number of halogens is 3. The number of allylic oxidation sites excluding steroid dienone is 3. The zero-order valence-corrected chi connectivity index (χ0v) is 9.65. The van der Waals surface area contributed by atoms with Gasteiger partial charge in [0.05, 0.1) is 0 Å². The normalized spacial score (nSPS) is 11.6. The van der Waals surface area contributed by atoms with Crippen molar-refractivity contribution in [1.29, 1.82) is 0 Å². The Balaban J connectivity index is 2.77. The fraction of sp³-hybridized carbons (Fsp3) is 0.0909. The van der Waals surface area contributed by atoms with Crippen molar-refractivity contribution < 1.29 is 0 Å². The van der Waals surface area contributed by atoms with E-state index < -0.39 is 0 Å². The van der Waals surface area contributed by atoms with Gasteiger partial charge in [-0.3, -0.25) is 0 Å². The fourth-order valence-electron chi connectivity index (χ4n) is 0.926. The van der Waals surface area contributed by atoms with E-state index in [1.165, 1.54) is 0 Å². The van der Waals surface area contributed by atoms with E-state index in [-0.39, 0.29) is 0 Å². The summed E-state index contributed by atoms with van der Waals surface area (Å²) in [7, 11) is 0. The molecule has 0 aliphatic heterocycles. The zero-order chi connectivity index (χ0) is 10.4. The minimum Gasteiger partial charge on any atom is -0.122 e. The summed E-state index contributed by atoms with van der Waals surface area (Å²) in [4.78, 5) is 0. The van der Waals surface area contributed by atoms with Crippen molar-refractivity contribution in [1.82, 2.24) is 0 Å². The lowest BCUT2D eigenvalue weighted by atomic mass is 10.2. The first-order chi connectivity index (χ1) is 6.74. The number of rotatable bonds is 3. The molecule has 0 fully saturated rings. The first-order valence-corrected chi connectivity index (χ1v) is 5.37. The largest absolute Gasteiger partial charge is 0.122 e. The van der Waals surface area contributed by atoms with Crippen LogP contribution in [0.3, 0.4) is 0 Å². The van der Waals surface area contributed by atoms with Gasteiger partial charge in [0.1, 0.15) is 0 Å². The molecule has 74 valence electrons. The SMILES string of the molecule is ClC/C=C/C=C/c1ccc(Cl)cc1Cl. The van der Waals surface area contributed by atoms with Gasteiger partial charge in [-0.15, -0.1) is 11.6 Å². The van der Waals surface area contributed by atoms with E-state index in [0.717, 1.165) is 5.56 Å². The maximum Gasteiger partial charge on any atom is 0.0493 e.